The number of anilines is 1. The number of carbonyl (C=O) groups is 1. The van der Waals surface area contributed by atoms with E-state index < -0.39 is 17.5 Å². The van der Waals surface area contributed by atoms with Crippen molar-refractivity contribution in [3.63, 3.8) is 0 Å². The summed E-state index contributed by atoms with van der Waals surface area (Å²) in [6.45, 7) is -0.918. The molecule has 0 fully saturated rings. The molecule has 0 saturated carbocycles. The Labute approximate surface area is 112 Å². The highest BCUT2D eigenvalue weighted by molar-refractivity contribution is 5.79. The third kappa shape index (κ3) is 2.75. The number of imidazole rings is 1. The molecule has 10 nitrogen and oxygen atoms in total. The quantitative estimate of drug-likeness (QED) is 0.395. The molecule has 0 spiro atoms. The van der Waals surface area contributed by atoms with Gasteiger partial charge in [0, 0.05) is 0 Å². The first-order chi connectivity index (χ1) is 9.55. The fourth-order valence-electron chi connectivity index (χ4n) is 1.66. The van der Waals surface area contributed by atoms with Crippen molar-refractivity contribution in [2.45, 2.75) is 12.6 Å². The van der Waals surface area contributed by atoms with Crippen LogP contribution in [0.5, 0.6) is 0 Å². The lowest BCUT2D eigenvalue weighted by Crippen LogP contribution is -2.41. The molecule has 20 heavy (non-hydrogen) atoms. The number of nitrogens with two attached hydrogens (primary N) is 1. The minimum atomic E-state index is -0.737. The third-order valence-corrected chi connectivity index (χ3v) is 2.61. The van der Waals surface area contributed by atoms with Crippen molar-refractivity contribution in [3.8, 4) is 0 Å². The lowest BCUT2D eigenvalue weighted by atomic mass is 10.3. The number of nitrogen functional groups attached to an aromatic ring is 1. The summed E-state index contributed by atoms with van der Waals surface area (Å²) in [7, 11) is 0. The predicted molar refractivity (Wildman–Crippen MR) is 68.7 cm³/mol. The Morgan fingerprint density at radius 2 is 2.20 bits per heavy atom. The molecule has 0 aliphatic heterocycles. The summed E-state index contributed by atoms with van der Waals surface area (Å²) in [5.74, 6) is -0.536. The maximum Gasteiger partial charge on any atom is 0.280 e. The van der Waals surface area contributed by atoms with Crippen molar-refractivity contribution >= 4 is 23.0 Å². The maximum absolute atomic E-state index is 11.7. The number of aliphatic hydroxyl groups excluding tert-OH is 2. The molecule has 0 aliphatic carbocycles. The highest BCUT2D eigenvalue weighted by Gasteiger charge is 2.14. The average molecular weight is 282 g/mol. The van der Waals surface area contributed by atoms with Gasteiger partial charge >= 0.3 is 0 Å². The Morgan fingerprint density at radius 1 is 1.50 bits per heavy atom. The molecule has 2 heterocycles. The zero-order chi connectivity index (χ0) is 14.7. The molecule has 1 amide bonds. The second-order valence-corrected chi connectivity index (χ2v) is 4.13. The van der Waals surface area contributed by atoms with Crippen LogP contribution in [0.1, 0.15) is 0 Å². The highest BCUT2D eigenvalue weighted by atomic mass is 16.3. The molecular formula is C10H14N6O4. The van der Waals surface area contributed by atoms with Crippen LogP contribution < -0.4 is 16.6 Å². The van der Waals surface area contributed by atoms with Crippen molar-refractivity contribution in [1.82, 2.24) is 24.8 Å². The first-order valence-corrected chi connectivity index (χ1v) is 5.77. The first-order valence-electron chi connectivity index (χ1n) is 5.77. The minimum absolute atomic E-state index is 0.0757. The van der Waals surface area contributed by atoms with Crippen molar-refractivity contribution in [2.24, 2.45) is 0 Å². The van der Waals surface area contributed by atoms with E-state index in [0.29, 0.717) is 0 Å². The minimum Gasteiger partial charge on any atom is -0.394 e. The van der Waals surface area contributed by atoms with Gasteiger partial charge < -0.3 is 25.8 Å². The third-order valence-electron chi connectivity index (χ3n) is 2.61. The summed E-state index contributed by atoms with van der Waals surface area (Å²) in [5.41, 5.74) is 5.21. The number of nitrogens with zero attached hydrogens (tertiary/aromatic N) is 3. The molecule has 0 atom stereocenters. The molecule has 0 radical (unpaired) electrons. The predicted octanol–water partition coefficient (Wildman–Crippen LogP) is -2.83. The molecule has 0 aliphatic rings. The van der Waals surface area contributed by atoms with E-state index in [1.807, 2.05) is 0 Å². The van der Waals surface area contributed by atoms with E-state index in [2.05, 4.69) is 20.3 Å². The summed E-state index contributed by atoms with van der Waals surface area (Å²) in [6, 6.07) is -0.737. The van der Waals surface area contributed by atoms with Crippen LogP contribution in [0.2, 0.25) is 0 Å². The molecule has 0 aromatic carbocycles. The molecule has 0 saturated heterocycles. The number of nitrogens with one attached hydrogen (secondary N) is 2. The van der Waals surface area contributed by atoms with Crippen molar-refractivity contribution in [3.05, 3.63) is 16.7 Å². The van der Waals surface area contributed by atoms with Gasteiger partial charge in [-0.3, -0.25) is 14.6 Å². The normalized spacial score (nSPS) is 11.2. The van der Waals surface area contributed by atoms with Crippen LogP contribution in [0.15, 0.2) is 11.1 Å². The van der Waals surface area contributed by atoms with Crippen LogP contribution in [-0.4, -0.2) is 54.9 Å². The smallest absolute Gasteiger partial charge is 0.280 e. The molecule has 0 bridgehead atoms. The first kappa shape index (κ1) is 14.0. The molecule has 6 N–H and O–H groups in total. The average Bonchev–Trinajstić information content (AvgIpc) is 2.79. The van der Waals surface area contributed by atoms with Gasteiger partial charge in [0.1, 0.15) is 6.54 Å². The number of aromatic amines is 1. The van der Waals surface area contributed by atoms with E-state index >= 15 is 0 Å². The molecule has 10 heteroatoms. The Hall–Kier alpha value is -2.46. The zero-order valence-corrected chi connectivity index (χ0v) is 10.4. The van der Waals surface area contributed by atoms with Crippen LogP contribution in [0, 0.1) is 0 Å². The van der Waals surface area contributed by atoms with Crippen LogP contribution in [0.25, 0.3) is 11.2 Å². The van der Waals surface area contributed by atoms with E-state index in [0.717, 1.165) is 0 Å². The number of carbonyl (C=O) groups excluding carboxylic acids is 1. The largest absolute Gasteiger partial charge is 0.394 e. The maximum atomic E-state index is 11.7. The number of aromatic nitrogens is 4. The molecule has 2 aromatic rings. The second-order valence-electron chi connectivity index (χ2n) is 4.13. The van der Waals surface area contributed by atoms with Crippen molar-refractivity contribution < 1.29 is 15.0 Å². The van der Waals surface area contributed by atoms with E-state index in [-0.39, 0.29) is 36.9 Å². The standard InChI is InChI=1S/C10H14N6O4/c11-10-14-8-7(9(20)15-10)12-4-16(8)1-6(19)13-5(2-17)3-18/h4-5,17-18H,1-3H2,(H,13,19)(H3,11,14,15,20). The molecule has 108 valence electrons. The monoisotopic (exact) mass is 282 g/mol. The molecule has 0 unspecified atom stereocenters. The van der Waals surface area contributed by atoms with Gasteiger partial charge in [0.25, 0.3) is 5.56 Å². The van der Waals surface area contributed by atoms with Crippen LogP contribution >= 0.6 is 0 Å². The van der Waals surface area contributed by atoms with Crippen LogP contribution in [0.4, 0.5) is 5.95 Å². The fourth-order valence-corrected chi connectivity index (χ4v) is 1.66. The van der Waals surface area contributed by atoms with Crippen LogP contribution in [-0.2, 0) is 11.3 Å². The van der Waals surface area contributed by atoms with Crippen molar-refractivity contribution in [1.29, 1.82) is 0 Å². The number of rotatable bonds is 5. The van der Waals surface area contributed by atoms with Gasteiger partial charge in [-0.2, -0.15) is 4.98 Å². The van der Waals surface area contributed by atoms with Gasteiger partial charge in [0.2, 0.25) is 11.9 Å². The summed E-state index contributed by atoms with van der Waals surface area (Å²) >= 11 is 0. The number of hydrogen-bond acceptors (Lipinski definition) is 7. The Kier molecular flexibility index (Phi) is 3.96. The van der Waals surface area contributed by atoms with Gasteiger partial charge in [-0.15, -0.1) is 0 Å². The summed E-state index contributed by atoms with van der Waals surface area (Å²) in [5, 5.41) is 20.2. The van der Waals surface area contributed by atoms with E-state index in [9.17, 15) is 9.59 Å². The fraction of sp³-hybridized carbons (Fsp3) is 0.400. The zero-order valence-electron chi connectivity index (χ0n) is 10.4. The van der Waals surface area contributed by atoms with Gasteiger partial charge in [-0.25, -0.2) is 4.98 Å². The SMILES string of the molecule is Nc1nc2c(ncn2CC(=O)NC(CO)CO)c(=O)[nH]1. The summed E-state index contributed by atoms with van der Waals surface area (Å²) < 4.78 is 1.35. The summed E-state index contributed by atoms with van der Waals surface area (Å²) in [6.07, 6.45) is 1.29. The van der Waals surface area contributed by atoms with E-state index in [4.69, 9.17) is 15.9 Å². The van der Waals surface area contributed by atoms with Gasteiger partial charge in [0.05, 0.1) is 25.6 Å². The lowest BCUT2D eigenvalue weighted by Gasteiger charge is -2.13. The van der Waals surface area contributed by atoms with Gasteiger partial charge in [-0.05, 0) is 0 Å². The Bertz CT molecular complexity index is 674. The number of amides is 1. The Morgan fingerprint density at radius 3 is 2.85 bits per heavy atom. The molecule has 2 aromatic heterocycles. The number of fused-ring (bicyclic) bond motifs is 1. The molecule has 2 rings (SSSR count). The second kappa shape index (κ2) is 5.67. The van der Waals surface area contributed by atoms with Crippen molar-refractivity contribution in [2.75, 3.05) is 18.9 Å². The Balaban J connectivity index is 2.22. The molecular weight excluding hydrogens is 268 g/mol. The van der Waals surface area contributed by atoms with Crippen LogP contribution in [0.3, 0.4) is 0 Å². The topological polar surface area (TPSA) is 159 Å². The lowest BCUT2D eigenvalue weighted by molar-refractivity contribution is -0.123. The number of hydrogen-bond donors (Lipinski definition) is 5. The number of H-pyrrole nitrogens is 1. The van der Waals surface area contributed by atoms with Gasteiger partial charge in [-0.1, -0.05) is 0 Å². The van der Waals surface area contributed by atoms with Gasteiger partial charge in [0.15, 0.2) is 11.2 Å². The highest BCUT2D eigenvalue weighted by Crippen LogP contribution is 2.05. The summed E-state index contributed by atoms with van der Waals surface area (Å²) in [4.78, 5) is 33.3. The van der Waals surface area contributed by atoms with E-state index in [1.54, 1.807) is 0 Å². The number of aliphatic hydroxyl groups is 2. The van der Waals surface area contributed by atoms with E-state index in [1.165, 1.54) is 10.9 Å².